The molecule has 3 rings (SSSR count). The summed E-state index contributed by atoms with van der Waals surface area (Å²) in [5.74, 6) is 0.372. The van der Waals surface area contributed by atoms with Gasteiger partial charge in [0.15, 0.2) is 0 Å². The van der Waals surface area contributed by atoms with Crippen molar-refractivity contribution in [3.05, 3.63) is 95.6 Å². The molecule has 0 saturated carbocycles. The quantitative estimate of drug-likeness (QED) is 0.475. The normalized spacial score (nSPS) is 10.5. The second-order valence-corrected chi connectivity index (χ2v) is 6.30. The fourth-order valence-electron chi connectivity index (χ4n) is 2.52. The van der Waals surface area contributed by atoms with Crippen molar-refractivity contribution in [3.63, 3.8) is 0 Å². The first kappa shape index (κ1) is 19.8. The standard InChI is InChI=1S/C23H21N3O3/c1-17(27)25-21-13-9-18(10-14-21)15-24-26-23(28)20-11-7-19(8-12-20)16-29-22-5-3-2-4-6-22/h2-15H,16H2,1H3,(H,25,27)(H,26,28)/b24-15-. The van der Waals surface area contributed by atoms with Gasteiger partial charge in [-0.15, -0.1) is 0 Å². The van der Waals surface area contributed by atoms with Gasteiger partial charge in [-0.1, -0.05) is 42.5 Å². The molecule has 0 unspecified atom stereocenters. The van der Waals surface area contributed by atoms with Crippen LogP contribution in [-0.4, -0.2) is 18.0 Å². The molecule has 0 heterocycles. The molecule has 3 aromatic carbocycles. The highest BCUT2D eigenvalue weighted by molar-refractivity contribution is 5.95. The van der Waals surface area contributed by atoms with Crippen molar-refractivity contribution in [2.75, 3.05) is 5.32 Å². The SMILES string of the molecule is CC(=O)Nc1ccc(/C=N\NC(=O)c2ccc(COc3ccccc3)cc2)cc1. The van der Waals surface area contributed by atoms with Gasteiger partial charge in [0.1, 0.15) is 12.4 Å². The third-order valence-electron chi connectivity index (χ3n) is 3.98. The lowest BCUT2D eigenvalue weighted by Crippen LogP contribution is -2.17. The maximum Gasteiger partial charge on any atom is 0.271 e. The summed E-state index contributed by atoms with van der Waals surface area (Å²) in [6, 6.07) is 23.8. The predicted octanol–water partition coefficient (Wildman–Crippen LogP) is 3.99. The molecule has 0 spiro atoms. The van der Waals surface area contributed by atoms with Crippen LogP contribution in [-0.2, 0) is 11.4 Å². The lowest BCUT2D eigenvalue weighted by atomic mass is 10.1. The number of para-hydroxylation sites is 1. The average molecular weight is 387 g/mol. The highest BCUT2D eigenvalue weighted by Crippen LogP contribution is 2.12. The van der Waals surface area contributed by atoms with Crippen molar-refractivity contribution in [1.29, 1.82) is 0 Å². The number of amides is 2. The molecule has 146 valence electrons. The Labute approximate surface area is 169 Å². The van der Waals surface area contributed by atoms with Gasteiger partial charge in [0.25, 0.3) is 5.91 Å². The van der Waals surface area contributed by atoms with Gasteiger partial charge in [-0.3, -0.25) is 9.59 Å². The summed E-state index contributed by atoms with van der Waals surface area (Å²) >= 11 is 0. The molecule has 0 atom stereocenters. The van der Waals surface area contributed by atoms with Crippen LogP contribution in [0.4, 0.5) is 5.69 Å². The van der Waals surface area contributed by atoms with E-state index in [-0.39, 0.29) is 11.8 Å². The van der Waals surface area contributed by atoms with Gasteiger partial charge in [-0.25, -0.2) is 5.43 Å². The Bertz CT molecular complexity index is 982. The molecule has 2 amide bonds. The topological polar surface area (TPSA) is 79.8 Å². The van der Waals surface area contributed by atoms with Crippen LogP contribution in [0.3, 0.4) is 0 Å². The van der Waals surface area contributed by atoms with Gasteiger partial charge in [-0.05, 0) is 47.5 Å². The smallest absolute Gasteiger partial charge is 0.271 e. The van der Waals surface area contributed by atoms with Crippen molar-refractivity contribution in [2.24, 2.45) is 5.10 Å². The summed E-state index contributed by atoms with van der Waals surface area (Å²) in [7, 11) is 0. The maximum absolute atomic E-state index is 12.2. The van der Waals surface area contributed by atoms with Crippen LogP contribution >= 0.6 is 0 Å². The fraction of sp³-hybridized carbons (Fsp3) is 0.0870. The number of anilines is 1. The zero-order valence-corrected chi connectivity index (χ0v) is 16.0. The molecule has 0 saturated heterocycles. The van der Waals surface area contributed by atoms with Crippen LogP contribution in [0.2, 0.25) is 0 Å². The van der Waals surface area contributed by atoms with Crippen LogP contribution in [0, 0.1) is 0 Å². The highest BCUT2D eigenvalue weighted by Gasteiger charge is 2.04. The molecule has 6 heteroatoms. The fourth-order valence-corrected chi connectivity index (χ4v) is 2.52. The van der Waals surface area contributed by atoms with Gasteiger partial charge in [0.05, 0.1) is 6.21 Å². The van der Waals surface area contributed by atoms with E-state index in [1.54, 1.807) is 36.4 Å². The van der Waals surface area contributed by atoms with Crippen LogP contribution in [0.1, 0.15) is 28.4 Å². The van der Waals surface area contributed by atoms with E-state index in [0.717, 1.165) is 16.9 Å². The van der Waals surface area contributed by atoms with Gasteiger partial charge in [0, 0.05) is 18.2 Å². The minimum absolute atomic E-state index is 0.128. The van der Waals surface area contributed by atoms with E-state index in [1.165, 1.54) is 13.1 Å². The molecule has 0 radical (unpaired) electrons. The number of nitrogens with zero attached hydrogens (tertiary/aromatic N) is 1. The third-order valence-corrected chi connectivity index (χ3v) is 3.98. The number of benzene rings is 3. The Morgan fingerprint density at radius 3 is 2.28 bits per heavy atom. The summed E-state index contributed by atoms with van der Waals surface area (Å²) in [5.41, 5.74) is 5.48. The molecular weight excluding hydrogens is 366 g/mol. The number of hydrazone groups is 1. The first-order valence-electron chi connectivity index (χ1n) is 9.08. The summed E-state index contributed by atoms with van der Waals surface area (Å²) < 4.78 is 5.69. The molecule has 0 aliphatic heterocycles. The minimum atomic E-state index is -0.299. The zero-order chi connectivity index (χ0) is 20.5. The van der Waals surface area contributed by atoms with Gasteiger partial charge < -0.3 is 10.1 Å². The zero-order valence-electron chi connectivity index (χ0n) is 16.0. The van der Waals surface area contributed by atoms with Crippen molar-refractivity contribution in [3.8, 4) is 5.75 Å². The number of carbonyl (C=O) groups excluding carboxylic acids is 2. The Hall–Kier alpha value is -3.93. The highest BCUT2D eigenvalue weighted by atomic mass is 16.5. The Kier molecular flexibility index (Phi) is 6.73. The molecule has 0 aliphatic carbocycles. The van der Waals surface area contributed by atoms with E-state index < -0.39 is 0 Å². The number of hydrogen-bond acceptors (Lipinski definition) is 4. The second kappa shape index (κ2) is 9.85. The van der Waals surface area contributed by atoms with E-state index in [1.807, 2.05) is 42.5 Å². The number of nitrogens with one attached hydrogen (secondary N) is 2. The van der Waals surface area contributed by atoms with Crippen LogP contribution in [0.15, 0.2) is 84.0 Å². The van der Waals surface area contributed by atoms with E-state index in [9.17, 15) is 9.59 Å². The predicted molar refractivity (Wildman–Crippen MR) is 113 cm³/mol. The molecule has 2 N–H and O–H groups in total. The summed E-state index contributed by atoms with van der Waals surface area (Å²) in [4.78, 5) is 23.2. The molecule has 0 bridgehead atoms. The average Bonchev–Trinajstić information content (AvgIpc) is 2.74. The summed E-state index contributed by atoms with van der Waals surface area (Å²) in [5, 5.41) is 6.66. The van der Waals surface area contributed by atoms with Crippen molar-refractivity contribution in [2.45, 2.75) is 13.5 Å². The van der Waals surface area contributed by atoms with E-state index in [2.05, 4.69) is 15.8 Å². The largest absolute Gasteiger partial charge is 0.489 e. The Balaban J connectivity index is 1.50. The first-order chi connectivity index (χ1) is 14.1. The number of hydrogen-bond donors (Lipinski definition) is 2. The van der Waals surface area contributed by atoms with Gasteiger partial charge in [-0.2, -0.15) is 5.10 Å². The third kappa shape index (κ3) is 6.32. The van der Waals surface area contributed by atoms with Gasteiger partial charge >= 0.3 is 0 Å². The molecule has 0 fully saturated rings. The van der Waals surface area contributed by atoms with Crippen LogP contribution in [0.25, 0.3) is 0 Å². The molecule has 3 aromatic rings. The lowest BCUT2D eigenvalue weighted by Gasteiger charge is -2.06. The van der Waals surface area contributed by atoms with Crippen molar-refractivity contribution in [1.82, 2.24) is 5.43 Å². The lowest BCUT2D eigenvalue weighted by molar-refractivity contribution is -0.114. The van der Waals surface area contributed by atoms with Crippen LogP contribution < -0.4 is 15.5 Å². The van der Waals surface area contributed by atoms with E-state index in [0.29, 0.717) is 17.9 Å². The Morgan fingerprint density at radius 1 is 0.931 bits per heavy atom. The number of carbonyl (C=O) groups is 2. The molecular formula is C23H21N3O3. The van der Waals surface area contributed by atoms with Crippen molar-refractivity contribution < 1.29 is 14.3 Å². The van der Waals surface area contributed by atoms with Gasteiger partial charge in [0.2, 0.25) is 5.91 Å². The molecule has 6 nitrogen and oxygen atoms in total. The molecule has 0 aromatic heterocycles. The summed E-state index contributed by atoms with van der Waals surface area (Å²) in [6.07, 6.45) is 1.54. The first-order valence-corrected chi connectivity index (χ1v) is 9.08. The van der Waals surface area contributed by atoms with E-state index in [4.69, 9.17) is 4.74 Å². The monoisotopic (exact) mass is 387 g/mol. The number of rotatable bonds is 7. The van der Waals surface area contributed by atoms with Crippen LogP contribution in [0.5, 0.6) is 5.75 Å². The van der Waals surface area contributed by atoms with Crippen molar-refractivity contribution >= 4 is 23.7 Å². The van der Waals surface area contributed by atoms with E-state index >= 15 is 0 Å². The molecule has 0 aliphatic rings. The second-order valence-electron chi connectivity index (χ2n) is 6.30. The molecule has 29 heavy (non-hydrogen) atoms. The number of ether oxygens (including phenoxy) is 1. The Morgan fingerprint density at radius 2 is 1.62 bits per heavy atom. The maximum atomic E-state index is 12.2. The summed E-state index contributed by atoms with van der Waals surface area (Å²) in [6.45, 7) is 1.88. The minimum Gasteiger partial charge on any atom is -0.489 e.